The number of benzene rings is 1. The van der Waals surface area contributed by atoms with Gasteiger partial charge in [0.1, 0.15) is 0 Å². The summed E-state index contributed by atoms with van der Waals surface area (Å²) in [6, 6.07) is 8.53. The Labute approximate surface area is 81.1 Å². The van der Waals surface area contributed by atoms with Crippen LogP contribution in [0, 0.1) is 5.92 Å². The van der Waals surface area contributed by atoms with E-state index in [0.29, 0.717) is 0 Å². The molecule has 0 amide bonds. The van der Waals surface area contributed by atoms with Crippen LogP contribution in [-0.2, 0) is 0 Å². The average molecular weight is 226 g/mol. The highest BCUT2D eigenvalue weighted by Gasteiger charge is 2.36. The minimum absolute atomic E-state index is 0.729. The zero-order chi connectivity index (χ0) is 8.55. The molecule has 1 aliphatic carbocycles. The molecular weight excluding hydrogens is 214 g/mol. The summed E-state index contributed by atoms with van der Waals surface area (Å²) in [5.41, 5.74) is 7.02. The normalized spacial score (nSPS) is 27.2. The minimum Gasteiger partial charge on any atom is -0.330 e. The molecule has 1 aromatic carbocycles. The molecule has 1 fully saturated rings. The predicted octanol–water partition coefficient (Wildman–Crippen LogP) is 2.51. The summed E-state index contributed by atoms with van der Waals surface area (Å²) in [6.45, 7) is 0.831. The molecule has 1 saturated carbocycles. The van der Waals surface area contributed by atoms with Crippen LogP contribution in [0.4, 0.5) is 0 Å². The van der Waals surface area contributed by atoms with E-state index in [4.69, 9.17) is 5.73 Å². The van der Waals surface area contributed by atoms with Crippen LogP contribution in [0.15, 0.2) is 28.7 Å². The zero-order valence-corrected chi connectivity index (χ0v) is 8.42. The Bertz CT molecular complexity index is 285. The summed E-state index contributed by atoms with van der Waals surface area (Å²) in [4.78, 5) is 0. The second-order valence-electron chi connectivity index (χ2n) is 3.39. The van der Waals surface area contributed by atoms with Crippen molar-refractivity contribution in [2.75, 3.05) is 6.54 Å². The summed E-state index contributed by atoms with van der Waals surface area (Å²) in [5, 5.41) is 0. The number of nitrogens with two attached hydrogens (primary N) is 1. The van der Waals surface area contributed by atoms with Crippen molar-refractivity contribution in [3.05, 3.63) is 34.3 Å². The first kappa shape index (κ1) is 8.27. The summed E-state index contributed by atoms with van der Waals surface area (Å²) in [7, 11) is 0. The van der Waals surface area contributed by atoms with E-state index in [9.17, 15) is 0 Å². The van der Waals surface area contributed by atoms with Crippen molar-refractivity contribution in [1.29, 1.82) is 0 Å². The summed E-state index contributed by atoms with van der Waals surface area (Å²) in [6.07, 6.45) is 1.27. The van der Waals surface area contributed by atoms with Crippen LogP contribution in [0.1, 0.15) is 17.9 Å². The van der Waals surface area contributed by atoms with E-state index in [1.165, 1.54) is 16.5 Å². The van der Waals surface area contributed by atoms with Crippen molar-refractivity contribution in [3.8, 4) is 0 Å². The molecule has 0 radical (unpaired) electrons. The van der Waals surface area contributed by atoms with Gasteiger partial charge in [-0.1, -0.05) is 28.1 Å². The Balaban J connectivity index is 2.14. The highest BCUT2D eigenvalue weighted by Crippen LogP contribution is 2.46. The molecule has 0 saturated heterocycles. The van der Waals surface area contributed by atoms with Crippen molar-refractivity contribution in [2.24, 2.45) is 11.7 Å². The van der Waals surface area contributed by atoms with Crippen LogP contribution in [0.5, 0.6) is 0 Å². The van der Waals surface area contributed by atoms with Crippen molar-refractivity contribution in [1.82, 2.24) is 0 Å². The monoisotopic (exact) mass is 225 g/mol. The van der Waals surface area contributed by atoms with Crippen LogP contribution in [0.3, 0.4) is 0 Å². The van der Waals surface area contributed by atoms with Crippen molar-refractivity contribution < 1.29 is 0 Å². The smallest absolute Gasteiger partial charge is 0.0178 e. The molecule has 0 aromatic heterocycles. The third-order valence-corrected chi connectivity index (χ3v) is 3.00. The molecule has 2 N–H and O–H groups in total. The Morgan fingerprint density at radius 3 is 2.92 bits per heavy atom. The van der Waals surface area contributed by atoms with Crippen LogP contribution in [0.25, 0.3) is 0 Å². The molecule has 12 heavy (non-hydrogen) atoms. The second-order valence-corrected chi connectivity index (χ2v) is 4.31. The fraction of sp³-hybridized carbons (Fsp3) is 0.400. The molecule has 0 unspecified atom stereocenters. The molecular formula is C10H12BrN. The van der Waals surface area contributed by atoms with E-state index < -0.39 is 0 Å². The lowest BCUT2D eigenvalue weighted by atomic mass is 10.1. The first-order valence-electron chi connectivity index (χ1n) is 4.27. The SMILES string of the molecule is NC[C@H]1C[C@H]1c1cccc(Br)c1. The van der Waals surface area contributed by atoms with E-state index >= 15 is 0 Å². The summed E-state index contributed by atoms with van der Waals surface area (Å²) < 4.78 is 1.17. The van der Waals surface area contributed by atoms with Gasteiger partial charge in [-0.15, -0.1) is 0 Å². The lowest BCUT2D eigenvalue weighted by Crippen LogP contribution is -2.01. The van der Waals surface area contributed by atoms with Crippen LogP contribution in [-0.4, -0.2) is 6.54 Å². The minimum atomic E-state index is 0.729. The number of rotatable bonds is 2. The molecule has 1 aromatic rings. The highest BCUT2D eigenvalue weighted by molar-refractivity contribution is 9.10. The second kappa shape index (κ2) is 3.19. The van der Waals surface area contributed by atoms with Crippen molar-refractivity contribution in [2.45, 2.75) is 12.3 Å². The fourth-order valence-corrected chi connectivity index (χ4v) is 2.07. The Hall–Kier alpha value is -0.340. The Morgan fingerprint density at radius 2 is 2.33 bits per heavy atom. The molecule has 0 heterocycles. The molecule has 1 aliphatic rings. The highest BCUT2D eigenvalue weighted by atomic mass is 79.9. The van der Waals surface area contributed by atoms with E-state index in [2.05, 4.69) is 40.2 Å². The van der Waals surface area contributed by atoms with Crippen molar-refractivity contribution >= 4 is 15.9 Å². The quantitative estimate of drug-likeness (QED) is 0.823. The van der Waals surface area contributed by atoms with E-state index in [1.807, 2.05) is 0 Å². The zero-order valence-electron chi connectivity index (χ0n) is 6.83. The van der Waals surface area contributed by atoms with Gasteiger partial charge in [-0.05, 0) is 42.5 Å². The van der Waals surface area contributed by atoms with Gasteiger partial charge >= 0.3 is 0 Å². The lowest BCUT2D eigenvalue weighted by molar-refractivity contribution is 0.809. The van der Waals surface area contributed by atoms with E-state index in [-0.39, 0.29) is 0 Å². The molecule has 2 heteroatoms. The van der Waals surface area contributed by atoms with Crippen LogP contribution < -0.4 is 5.73 Å². The lowest BCUT2D eigenvalue weighted by Gasteiger charge is -1.98. The summed E-state index contributed by atoms with van der Waals surface area (Å²) >= 11 is 3.47. The molecule has 1 nitrogen and oxygen atoms in total. The molecule has 2 atom stereocenters. The van der Waals surface area contributed by atoms with E-state index in [0.717, 1.165) is 18.4 Å². The van der Waals surface area contributed by atoms with Gasteiger partial charge in [0, 0.05) is 4.47 Å². The van der Waals surface area contributed by atoms with Gasteiger partial charge in [-0.3, -0.25) is 0 Å². The number of halogens is 1. The Morgan fingerprint density at radius 1 is 1.50 bits per heavy atom. The predicted molar refractivity (Wildman–Crippen MR) is 54.0 cm³/mol. The van der Waals surface area contributed by atoms with Crippen LogP contribution >= 0.6 is 15.9 Å². The third kappa shape index (κ3) is 1.54. The third-order valence-electron chi connectivity index (χ3n) is 2.50. The van der Waals surface area contributed by atoms with Gasteiger partial charge in [0.25, 0.3) is 0 Å². The molecule has 0 bridgehead atoms. The largest absolute Gasteiger partial charge is 0.330 e. The molecule has 64 valence electrons. The van der Waals surface area contributed by atoms with Gasteiger partial charge in [0.15, 0.2) is 0 Å². The first-order chi connectivity index (χ1) is 5.81. The number of hydrogen-bond donors (Lipinski definition) is 1. The van der Waals surface area contributed by atoms with Crippen LogP contribution in [0.2, 0.25) is 0 Å². The molecule has 0 aliphatic heterocycles. The molecule has 0 spiro atoms. The van der Waals surface area contributed by atoms with Gasteiger partial charge in [0.05, 0.1) is 0 Å². The number of hydrogen-bond acceptors (Lipinski definition) is 1. The summed E-state index contributed by atoms with van der Waals surface area (Å²) in [5.74, 6) is 1.46. The topological polar surface area (TPSA) is 26.0 Å². The van der Waals surface area contributed by atoms with Gasteiger partial charge in [-0.2, -0.15) is 0 Å². The standard InChI is InChI=1S/C10H12BrN/c11-9-3-1-2-7(4-9)10-5-8(10)6-12/h1-4,8,10H,5-6,12H2/t8-,10+/m1/s1. The van der Waals surface area contributed by atoms with E-state index in [1.54, 1.807) is 0 Å². The van der Waals surface area contributed by atoms with Gasteiger partial charge in [-0.25, -0.2) is 0 Å². The maximum Gasteiger partial charge on any atom is 0.0178 e. The molecule has 2 rings (SSSR count). The fourth-order valence-electron chi connectivity index (χ4n) is 1.65. The van der Waals surface area contributed by atoms with Crippen molar-refractivity contribution in [3.63, 3.8) is 0 Å². The first-order valence-corrected chi connectivity index (χ1v) is 5.06. The Kier molecular flexibility index (Phi) is 2.20. The van der Waals surface area contributed by atoms with Gasteiger partial charge < -0.3 is 5.73 Å². The maximum absolute atomic E-state index is 5.59. The maximum atomic E-state index is 5.59. The van der Waals surface area contributed by atoms with Gasteiger partial charge in [0.2, 0.25) is 0 Å². The average Bonchev–Trinajstić information content (AvgIpc) is 2.83.